The van der Waals surface area contributed by atoms with E-state index < -0.39 is 0 Å². The van der Waals surface area contributed by atoms with E-state index in [1.807, 2.05) is 11.3 Å². The number of thiophene rings is 1. The maximum Gasteiger partial charge on any atom is 0.0328 e. The summed E-state index contributed by atoms with van der Waals surface area (Å²) in [4.78, 5) is 4.20. The SMILES string of the molecule is Brc1csc(CN(CC2CC2)CC2CC2)c1. The normalized spacial score (nSPS) is 20.6. The van der Waals surface area contributed by atoms with E-state index in [-0.39, 0.29) is 0 Å². The van der Waals surface area contributed by atoms with Gasteiger partial charge in [0, 0.05) is 34.4 Å². The molecule has 1 nitrogen and oxygen atoms in total. The van der Waals surface area contributed by atoms with E-state index in [1.165, 1.54) is 54.7 Å². The Labute approximate surface area is 110 Å². The van der Waals surface area contributed by atoms with Gasteiger partial charge in [-0.1, -0.05) is 0 Å². The Balaban J connectivity index is 1.57. The molecule has 3 heteroatoms. The van der Waals surface area contributed by atoms with E-state index in [1.54, 1.807) is 0 Å². The largest absolute Gasteiger partial charge is 0.298 e. The lowest BCUT2D eigenvalue weighted by molar-refractivity contribution is 0.246. The number of hydrogen-bond acceptors (Lipinski definition) is 2. The first-order valence-corrected chi connectivity index (χ1v) is 7.92. The third-order valence-corrected chi connectivity index (χ3v) is 5.11. The van der Waals surface area contributed by atoms with Crippen LogP contribution in [0.25, 0.3) is 0 Å². The van der Waals surface area contributed by atoms with Crippen LogP contribution >= 0.6 is 27.3 Å². The molecule has 0 bridgehead atoms. The minimum atomic E-state index is 1.02. The molecule has 2 saturated carbocycles. The van der Waals surface area contributed by atoms with Gasteiger partial charge in [0.25, 0.3) is 0 Å². The smallest absolute Gasteiger partial charge is 0.0328 e. The topological polar surface area (TPSA) is 3.24 Å². The molecule has 3 rings (SSSR count). The standard InChI is InChI=1S/C13H18BrNS/c14-12-5-13(16-9-12)8-15(6-10-1-2-10)7-11-3-4-11/h5,9-11H,1-4,6-8H2. The van der Waals surface area contributed by atoms with Crippen LogP contribution in [0.3, 0.4) is 0 Å². The summed E-state index contributed by atoms with van der Waals surface area (Å²) in [6.07, 6.45) is 5.87. The van der Waals surface area contributed by atoms with E-state index in [2.05, 4.69) is 32.3 Å². The van der Waals surface area contributed by atoms with Crippen LogP contribution < -0.4 is 0 Å². The van der Waals surface area contributed by atoms with Gasteiger partial charge in [0.2, 0.25) is 0 Å². The van der Waals surface area contributed by atoms with E-state index in [0.29, 0.717) is 0 Å². The second-order valence-corrected chi connectivity index (χ2v) is 7.22. The summed E-state index contributed by atoms with van der Waals surface area (Å²) >= 11 is 5.42. The van der Waals surface area contributed by atoms with E-state index in [0.717, 1.165) is 11.8 Å². The van der Waals surface area contributed by atoms with Crippen LogP contribution in [-0.4, -0.2) is 18.0 Å². The van der Waals surface area contributed by atoms with Gasteiger partial charge in [-0.15, -0.1) is 11.3 Å². The first-order valence-electron chi connectivity index (χ1n) is 6.25. The fourth-order valence-corrected chi connectivity index (χ4v) is 3.68. The molecule has 0 radical (unpaired) electrons. The fourth-order valence-electron chi connectivity index (χ4n) is 2.19. The summed E-state index contributed by atoms with van der Waals surface area (Å²) in [6.45, 7) is 3.85. The highest BCUT2D eigenvalue weighted by Crippen LogP contribution is 2.34. The second kappa shape index (κ2) is 4.79. The lowest BCUT2D eigenvalue weighted by Gasteiger charge is -2.21. The Morgan fingerprint density at radius 1 is 1.19 bits per heavy atom. The van der Waals surface area contributed by atoms with Crippen molar-refractivity contribution in [1.29, 1.82) is 0 Å². The monoisotopic (exact) mass is 299 g/mol. The first-order chi connectivity index (χ1) is 7.79. The summed E-state index contributed by atoms with van der Waals surface area (Å²) < 4.78 is 1.24. The van der Waals surface area contributed by atoms with Crippen molar-refractivity contribution in [2.24, 2.45) is 11.8 Å². The van der Waals surface area contributed by atoms with Crippen LogP contribution in [0.4, 0.5) is 0 Å². The molecule has 0 amide bonds. The highest BCUT2D eigenvalue weighted by molar-refractivity contribution is 9.10. The van der Waals surface area contributed by atoms with Crippen molar-refractivity contribution in [3.8, 4) is 0 Å². The number of nitrogens with zero attached hydrogens (tertiary/aromatic N) is 1. The molecule has 2 fully saturated rings. The molecule has 0 spiro atoms. The van der Waals surface area contributed by atoms with E-state index in [4.69, 9.17) is 0 Å². The zero-order valence-corrected chi connectivity index (χ0v) is 11.9. The van der Waals surface area contributed by atoms with Gasteiger partial charge in [-0.3, -0.25) is 4.90 Å². The third-order valence-electron chi connectivity index (χ3n) is 3.43. The molecule has 1 heterocycles. The van der Waals surface area contributed by atoms with Crippen LogP contribution in [0.1, 0.15) is 30.6 Å². The minimum absolute atomic E-state index is 1.02. The lowest BCUT2D eigenvalue weighted by Crippen LogP contribution is -2.27. The van der Waals surface area contributed by atoms with Crippen molar-refractivity contribution in [3.63, 3.8) is 0 Å². The number of halogens is 1. The quantitative estimate of drug-likeness (QED) is 0.763. The molecular weight excluding hydrogens is 282 g/mol. The maximum atomic E-state index is 3.54. The molecule has 0 saturated heterocycles. The highest BCUT2D eigenvalue weighted by Gasteiger charge is 2.29. The average molecular weight is 300 g/mol. The van der Waals surface area contributed by atoms with Crippen molar-refractivity contribution in [2.45, 2.75) is 32.2 Å². The number of rotatable bonds is 6. The molecule has 0 N–H and O–H groups in total. The molecule has 1 aromatic heterocycles. The van der Waals surface area contributed by atoms with Crippen molar-refractivity contribution < 1.29 is 0 Å². The van der Waals surface area contributed by atoms with Crippen LogP contribution in [0.2, 0.25) is 0 Å². The average Bonchev–Trinajstić information content (AvgIpc) is 3.13. The van der Waals surface area contributed by atoms with Crippen LogP contribution in [-0.2, 0) is 6.54 Å². The molecule has 88 valence electrons. The Kier molecular flexibility index (Phi) is 3.37. The summed E-state index contributed by atoms with van der Waals surface area (Å²) in [5.74, 6) is 2.03. The predicted octanol–water partition coefficient (Wildman–Crippen LogP) is 4.13. The van der Waals surface area contributed by atoms with Crippen molar-refractivity contribution in [2.75, 3.05) is 13.1 Å². The van der Waals surface area contributed by atoms with Gasteiger partial charge in [0.15, 0.2) is 0 Å². The maximum absolute atomic E-state index is 3.54. The van der Waals surface area contributed by atoms with E-state index >= 15 is 0 Å². The lowest BCUT2D eigenvalue weighted by atomic mass is 10.3. The molecule has 2 aliphatic rings. The Bertz CT molecular complexity index is 341. The molecule has 0 atom stereocenters. The van der Waals surface area contributed by atoms with Crippen LogP contribution in [0.15, 0.2) is 15.9 Å². The van der Waals surface area contributed by atoms with Gasteiger partial charge in [0.1, 0.15) is 0 Å². The Morgan fingerprint density at radius 3 is 2.25 bits per heavy atom. The van der Waals surface area contributed by atoms with Crippen molar-refractivity contribution >= 4 is 27.3 Å². The van der Waals surface area contributed by atoms with Crippen molar-refractivity contribution in [3.05, 3.63) is 20.8 Å². The summed E-state index contributed by atoms with van der Waals surface area (Å²) in [5.41, 5.74) is 0. The molecule has 1 aromatic rings. The second-order valence-electron chi connectivity index (χ2n) is 5.31. The fraction of sp³-hybridized carbons (Fsp3) is 0.692. The van der Waals surface area contributed by atoms with Gasteiger partial charge in [-0.05, 0) is 59.5 Å². The molecule has 0 aromatic carbocycles. The van der Waals surface area contributed by atoms with Gasteiger partial charge in [-0.2, -0.15) is 0 Å². The molecule has 16 heavy (non-hydrogen) atoms. The first kappa shape index (κ1) is 11.2. The molecule has 2 aliphatic carbocycles. The van der Waals surface area contributed by atoms with Crippen molar-refractivity contribution in [1.82, 2.24) is 4.90 Å². The zero-order valence-electron chi connectivity index (χ0n) is 9.49. The van der Waals surface area contributed by atoms with Gasteiger partial charge < -0.3 is 0 Å². The zero-order chi connectivity index (χ0) is 11.0. The Hall–Kier alpha value is 0.140. The highest BCUT2D eigenvalue weighted by atomic mass is 79.9. The van der Waals surface area contributed by atoms with Crippen LogP contribution in [0, 0.1) is 11.8 Å². The predicted molar refractivity (Wildman–Crippen MR) is 72.7 cm³/mol. The van der Waals surface area contributed by atoms with Gasteiger partial charge in [-0.25, -0.2) is 0 Å². The molecule has 0 unspecified atom stereocenters. The van der Waals surface area contributed by atoms with Crippen LogP contribution in [0.5, 0.6) is 0 Å². The summed E-state index contributed by atoms with van der Waals surface area (Å²) in [7, 11) is 0. The number of hydrogen-bond donors (Lipinski definition) is 0. The van der Waals surface area contributed by atoms with Gasteiger partial charge in [0.05, 0.1) is 0 Å². The van der Waals surface area contributed by atoms with E-state index in [9.17, 15) is 0 Å². The molecular formula is C13H18BrNS. The Morgan fingerprint density at radius 2 is 1.81 bits per heavy atom. The minimum Gasteiger partial charge on any atom is -0.298 e. The summed E-state index contributed by atoms with van der Waals surface area (Å²) in [6, 6.07) is 2.28. The summed E-state index contributed by atoms with van der Waals surface area (Å²) in [5, 5.41) is 2.20. The third kappa shape index (κ3) is 3.31. The molecule has 0 aliphatic heterocycles. The van der Waals surface area contributed by atoms with Gasteiger partial charge >= 0.3 is 0 Å².